The lowest BCUT2D eigenvalue weighted by atomic mass is 9.91. The van der Waals surface area contributed by atoms with Crippen LogP contribution in [0.3, 0.4) is 0 Å². The molecular weight excluding hydrogens is 272 g/mol. The zero-order chi connectivity index (χ0) is 15.1. The smallest absolute Gasteiger partial charge is 0.158 e. The Hall–Kier alpha value is -1.44. The van der Waals surface area contributed by atoms with Crippen LogP contribution in [0.2, 0.25) is 0 Å². The molecule has 3 N–H and O–H groups in total. The van der Waals surface area contributed by atoms with E-state index in [9.17, 15) is 5.11 Å². The van der Waals surface area contributed by atoms with Crippen LogP contribution in [0.5, 0.6) is 0 Å². The van der Waals surface area contributed by atoms with Gasteiger partial charge in [0.25, 0.3) is 0 Å². The van der Waals surface area contributed by atoms with Crippen molar-refractivity contribution in [3.05, 3.63) is 11.9 Å². The molecule has 0 aliphatic carbocycles. The first-order chi connectivity index (χ1) is 10.2. The van der Waals surface area contributed by atoms with E-state index < -0.39 is 0 Å². The lowest BCUT2D eigenvalue weighted by Crippen LogP contribution is -2.47. The van der Waals surface area contributed by atoms with E-state index in [1.807, 2.05) is 20.0 Å². The SMILES string of the molecule is CCOCc1nc(NC)cc(NC2(CO)CCOCC2)n1. The predicted octanol–water partition coefficient (Wildman–Crippen LogP) is 1.01. The molecule has 0 radical (unpaired) electrons. The summed E-state index contributed by atoms with van der Waals surface area (Å²) in [5.41, 5.74) is -0.375. The van der Waals surface area contributed by atoms with E-state index in [1.165, 1.54) is 0 Å². The number of aliphatic hydroxyl groups excluding tert-OH is 1. The summed E-state index contributed by atoms with van der Waals surface area (Å²) < 4.78 is 10.7. The van der Waals surface area contributed by atoms with Crippen LogP contribution in [-0.2, 0) is 16.1 Å². The summed E-state index contributed by atoms with van der Waals surface area (Å²) in [5, 5.41) is 16.1. The molecule has 21 heavy (non-hydrogen) atoms. The minimum Gasteiger partial charge on any atom is -0.394 e. The average molecular weight is 296 g/mol. The number of nitrogens with zero attached hydrogens (tertiary/aromatic N) is 2. The van der Waals surface area contributed by atoms with E-state index in [0.717, 1.165) is 18.7 Å². The van der Waals surface area contributed by atoms with Crippen molar-refractivity contribution in [3.8, 4) is 0 Å². The fourth-order valence-corrected chi connectivity index (χ4v) is 2.30. The van der Waals surface area contributed by atoms with Gasteiger partial charge in [0, 0.05) is 32.9 Å². The van der Waals surface area contributed by atoms with Crippen LogP contribution in [0, 0.1) is 0 Å². The van der Waals surface area contributed by atoms with Crippen molar-refractivity contribution in [3.63, 3.8) is 0 Å². The third-order valence-corrected chi connectivity index (χ3v) is 3.61. The summed E-state index contributed by atoms with van der Waals surface area (Å²) in [5.74, 6) is 2.04. The van der Waals surface area contributed by atoms with Crippen molar-refractivity contribution in [1.29, 1.82) is 0 Å². The summed E-state index contributed by atoms with van der Waals surface area (Å²) >= 11 is 0. The fraction of sp³-hybridized carbons (Fsp3) is 0.714. The lowest BCUT2D eigenvalue weighted by Gasteiger charge is -2.36. The summed E-state index contributed by atoms with van der Waals surface area (Å²) in [4.78, 5) is 8.82. The summed E-state index contributed by atoms with van der Waals surface area (Å²) in [6.45, 7) is 4.26. The molecule has 118 valence electrons. The maximum atomic E-state index is 9.74. The molecule has 0 spiro atoms. The quantitative estimate of drug-likeness (QED) is 0.692. The van der Waals surface area contributed by atoms with Gasteiger partial charge in [-0.05, 0) is 19.8 Å². The fourth-order valence-electron chi connectivity index (χ4n) is 2.30. The van der Waals surface area contributed by atoms with Gasteiger partial charge in [0.1, 0.15) is 18.2 Å². The second-order valence-corrected chi connectivity index (χ2v) is 5.12. The van der Waals surface area contributed by atoms with Crippen molar-refractivity contribution in [1.82, 2.24) is 9.97 Å². The number of ether oxygens (including phenoxy) is 2. The van der Waals surface area contributed by atoms with E-state index in [-0.39, 0.29) is 12.1 Å². The number of anilines is 2. The van der Waals surface area contributed by atoms with Gasteiger partial charge >= 0.3 is 0 Å². The number of hydrogen-bond donors (Lipinski definition) is 3. The second kappa shape index (κ2) is 7.53. The second-order valence-electron chi connectivity index (χ2n) is 5.12. The summed E-state index contributed by atoms with van der Waals surface area (Å²) in [6.07, 6.45) is 1.51. The van der Waals surface area contributed by atoms with Crippen LogP contribution in [0.4, 0.5) is 11.6 Å². The predicted molar refractivity (Wildman–Crippen MR) is 80.4 cm³/mol. The molecule has 0 unspecified atom stereocenters. The molecule has 1 aliphatic heterocycles. The zero-order valence-corrected chi connectivity index (χ0v) is 12.7. The van der Waals surface area contributed by atoms with Crippen LogP contribution in [-0.4, -0.2) is 54.1 Å². The van der Waals surface area contributed by atoms with Gasteiger partial charge in [0.05, 0.1) is 12.1 Å². The van der Waals surface area contributed by atoms with Crippen molar-refractivity contribution < 1.29 is 14.6 Å². The Morgan fingerprint density at radius 2 is 2.05 bits per heavy atom. The number of nitrogens with one attached hydrogen (secondary N) is 2. The van der Waals surface area contributed by atoms with Crippen LogP contribution in [0.15, 0.2) is 6.07 Å². The first kappa shape index (κ1) is 15.9. The van der Waals surface area contributed by atoms with Crippen molar-refractivity contribution in [2.24, 2.45) is 0 Å². The van der Waals surface area contributed by atoms with Crippen molar-refractivity contribution >= 4 is 11.6 Å². The highest BCUT2D eigenvalue weighted by Gasteiger charge is 2.32. The Morgan fingerprint density at radius 3 is 2.67 bits per heavy atom. The standard InChI is InChI=1S/C14H24N4O3/c1-3-20-9-13-16-11(15-2)8-12(17-13)18-14(10-19)4-6-21-7-5-14/h8,19H,3-7,9-10H2,1-2H3,(H2,15,16,17,18). The topological polar surface area (TPSA) is 88.5 Å². The minimum atomic E-state index is -0.375. The highest BCUT2D eigenvalue weighted by molar-refractivity contribution is 5.48. The van der Waals surface area contributed by atoms with Crippen LogP contribution in [0.25, 0.3) is 0 Å². The van der Waals surface area contributed by atoms with Gasteiger partial charge in [-0.25, -0.2) is 9.97 Å². The number of rotatable bonds is 7. The third-order valence-electron chi connectivity index (χ3n) is 3.61. The Morgan fingerprint density at radius 1 is 1.33 bits per heavy atom. The molecule has 0 aromatic carbocycles. The number of hydrogen-bond acceptors (Lipinski definition) is 7. The number of aliphatic hydroxyl groups is 1. The molecule has 2 rings (SSSR count). The Kier molecular flexibility index (Phi) is 5.72. The molecule has 1 fully saturated rings. The maximum Gasteiger partial charge on any atom is 0.158 e. The molecule has 1 aliphatic rings. The molecule has 0 atom stereocenters. The Bertz CT molecular complexity index is 450. The van der Waals surface area contributed by atoms with E-state index >= 15 is 0 Å². The largest absolute Gasteiger partial charge is 0.394 e. The van der Waals surface area contributed by atoms with E-state index in [2.05, 4.69) is 20.6 Å². The molecule has 0 amide bonds. The van der Waals surface area contributed by atoms with Crippen molar-refractivity contribution in [2.75, 3.05) is 44.1 Å². The van der Waals surface area contributed by atoms with Gasteiger partial charge in [-0.1, -0.05) is 0 Å². The monoisotopic (exact) mass is 296 g/mol. The highest BCUT2D eigenvalue weighted by atomic mass is 16.5. The first-order valence-corrected chi connectivity index (χ1v) is 7.31. The lowest BCUT2D eigenvalue weighted by molar-refractivity contribution is 0.0378. The molecule has 7 heteroatoms. The average Bonchev–Trinajstić information content (AvgIpc) is 2.53. The maximum absolute atomic E-state index is 9.74. The van der Waals surface area contributed by atoms with Gasteiger partial charge in [0.15, 0.2) is 5.82 Å². The molecule has 1 aromatic heterocycles. The number of aromatic nitrogens is 2. The Labute approximate surface area is 125 Å². The van der Waals surface area contributed by atoms with Gasteiger partial charge in [-0.2, -0.15) is 0 Å². The van der Waals surface area contributed by atoms with Crippen LogP contribution < -0.4 is 10.6 Å². The van der Waals surface area contributed by atoms with E-state index in [4.69, 9.17) is 9.47 Å². The highest BCUT2D eigenvalue weighted by Crippen LogP contribution is 2.25. The van der Waals surface area contributed by atoms with Crippen molar-refractivity contribution in [2.45, 2.75) is 31.9 Å². The van der Waals surface area contributed by atoms with Gasteiger partial charge in [-0.15, -0.1) is 0 Å². The summed E-state index contributed by atoms with van der Waals surface area (Å²) in [6, 6.07) is 1.84. The van der Waals surface area contributed by atoms with E-state index in [0.29, 0.717) is 38.1 Å². The van der Waals surface area contributed by atoms with E-state index in [1.54, 1.807) is 0 Å². The molecule has 1 saturated heterocycles. The van der Waals surface area contributed by atoms with Gasteiger partial charge in [0.2, 0.25) is 0 Å². The molecule has 2 heterocycles. The normalized spacial score (nSPS) is 17.5. The molecule has 0 bridgehead atoms. The molecule has 1 aromatic rings. The van der Waals surface area contributed by atoms with Gasteiger partial charge in [-0.3, -0.25) is 0 Å². The zero-order valence-electron chi connectivity index (χ0n) is 12.7. The molecule has 7 nitrogen and oxygen atoms in total. The minimum absolute atomic E-state index is 0.0516. The first-order valence-electron chi connectivity index (χ1n) is 7.31. The molecule has 0 saturated carbocycles. The van der Waals surface area contributed by atoms with Gasteiger partial charge < -0.3 is 25.2 Å². The summed E-state index contributed by atoms with van der Waals surface area (Å²) in [7, 11) is 1.81. The Balaban J connectivity index is 2.16. The third kappa shape index (κ3) is 4.26. The molecular formula is C14H24N4O3. The van der Waals surface area contributed by atoms with Crippen LogP contribution in [0.1, 0.15) is 25.6 Å². The van der Waals surface area contributed by atoms with Crippen LogP contribution >= 0.6 is 0 Å².